The van der Waals surface area contributed by atoms with Gasteiger partial charge < -0.3 is 14.2 Å². The molecule has 6 heteroatoms. The third kappa shape index (κ3) is 35.3. The quantitative estimate of drug-likeness (QED) is 0.0287. The second kappa shape index (κ2) is 37.0. The third-order valence-corrected chi connectivity index (χ3v) is 8.75. The van der Waals surface area contributed by atoms with Crippen molar-refractivity contribution in [2.45, 2.75) is 219 Å². The van der Waals surface area contributed by atoms with E-state index in [-0.39, 0.29) is 37.5 Å². The van der Waals surface area contributed by atoms with Crippen molar-refractivity contribution >= 4 is 17.9 Å². The minimum absolute atomic E-state index is 0.0880. The first kappa shape index (κ1) is 45.2. The predicted molar refractivity (Wildman–Crippen MR) is 196 cm³/mol. The fraction of sp³-hybridized carbons (Fsp3) is 0.878. The van der Waals surface area contributed by atoms with Gasteiger partial charge in [-0.15, -0.1) is 0 Å². The van der Waals surface area contributed by atoms with Crippen LogP contribution >= 0.6 is 0 Å². The van der Waals surface area contributed by atoms with Crippen LogP contribution in [0.3, 0.4) is 0 Å². The van der Waals surface area contributed by atoms with Gasteiger partial charge in [0.25, 0.3) is 0 Å². The van der Waals surface area contributed by atoms with Gasteiger partial charge in [0.1, 0.15) is 13.2 Å². The van der Waals surface area contributed by atoms with E-state index < -0.39 is 6.10 Å². The van der Waals surface area contributed by atoms with Gasteiger partial charge in [-0.05, 0) is 32.1 Å². The molecule has 0 heterocycles. The zero-order valence-corrected chi connectivity index (χ0v) is 31.3. The Kier molecular flexibility index (Phi) is 35.5. The third-order valence-electron chi connectivity index (χ3n) is 8.75. The summed E-state index contributed by atoms with van der Waals surface area (Å²) < 4.78 is 16.2. The van der Waals surface area contributed by atoms with Gasteiger partial charge in [-0.3, -0.25) is 14.4 Å². The van der Waals surface area contributed by atoms with Crippen LogP contribution in [0.25, 0.3) is 0 Å². The van der Waals surface area contributed by atoms with Gasteiger partial charge in [0.2, 0.25) is 0 Å². The molecule has 276 valence electrons. The van der Waals surface area contributed by atoms with E-state index >= 15 is 0 Å². The summed E-state index contributed by atoms with van der Waals surface area (Å²) >= 11 is 0. The van der Waals surface area contributed by atoms with Crippen LogP contribution in [0.1, 0.15) is 213 Å². The van der Waals surface area contributed by atoms with Gasteiger partial charge in [-0.25, -0.2) is 0 Å². The van der Waals surface area contributed by atoms with Crippen LogP contribution < -0.4 is 0 Å². The number of esters is 3. The molecule has 0 aromatic rings. The predicted octanol–water partition coefficient (Wildman–Crippen LogP) is 12.3. The van der Waals surface area contributed by atoms with Crippen molar-refractivity contribution in [2.24, 2.45) is 0 Å². The van der Waals surface area contributed by atoms with Crippen molar-refractivity contribution in [3.05, 3.63) is 12.2 Å². The average molecular weight is 665 g/mol. The highest BCUT2D eigenvalue weighted by molar-refractivity contribution is 5.71. The molecule has 0 amide bonds. The van der Waals surface area contributed by atoms with E-state index in [1.165, 1.54) is 135 Å². The van der Waals surface area contributed by atoms with E-state index in [0.29, 0.717) is 25.7 Å². The Labute approximate surface area is 290 Å². The molecule has 0 bridgehead atoms. The number of carbonyl (C=O) groups is 3. The summed E-state index contributed by atoms with van der Waals surface area (Å²) in [6.07, 6.45) is 37.7. The SMILES string of the molecule is CCCCCCCCCCCCC/C=C\CCC(=O)OCC(COC(=O)CCC)OC(=O)CCCCCCCCCCCCCCC. The van der Waals surface area contributed by atoms with Crippen LogP contribution in [0.4, 0.5) is 0 Å². The highest BCUT2D eigenvalue weighted by Crippen LogP contribution is 2.14. The summed E-state index contributed by atoms with van der Waals surface area (Å²) in [5.74, 6) is -0.993. The Hall–Kier alpha value is -1.85. The molecule has 0 radical (unpaired) electrons. The van der Waals surface area contributed by atoms with Gasteiger partial charge >= 0.3 is 17.9 Å². The molecule has 0 N–H and O–H groups in total. The Bertz CT molecular complexity index is 733. The Morgan fingerprint density at radius 1 is 0.404 bits per heavy atom. The first-order valence-corrected chi connectivity index (χ1v) is 20.2. The highest BCUT2D eigenvalue weighted by Gasteiger charge is 2.19. The number of ether oxygens (including phenoxy) is 3. The van der Waals surface area contributed by atoms with E-state index in [1.54, 1.807) is 0 Å². The monoisotopic (exact) mass is 665 g/mol. The molecule has 47 heavy (non-hydrogen) atoms. The number of hydrogen-bond donors (Lipinski definition) is 0. The summed E-state index contributed by atoms with van der Waals surface area (Å²) in [6, 6.07) is 0. The summed E-state index contributed by atoms with van der Waals surface area (Å²) in [6.45, 7) is 6.25. The van der Waals surface area contributed by atoms with Gasteiger partial charge in [-0.1, -0.05) is 174 Å². The maximum absolute atomic E-state index is 12.5. The van der Waals surface area contributed by atoms with Gasteiger partial charge in [0.05, 0.1) is 0 Å². The van der Waals surface area contributed by atoms with Crippen molar-refractivity contribution < 1.29 is 28.6 Å². The van der Waals surface area contributed by atoms with Crippen molar-refractivity contribution in [2.75, 3.05) is 13.2 Å². The molecule has 1 atom stereocenters. The lowest BCUT2D eigenvalue weighted by Crippen LogP contribution is -2.30. The Morgan fingerprint density at radius 2 is 0.787 bits per heavy atom. The Balaban J connectivity index is 4.03. The first-order chi connectivity index (χ1) is 23.0. The van der Waals surface area contributed by atoms with E-state index in [1.807, 2.05) is 6.92 Å². The van der Waals surface area contributed by atoms with Crippen molar-refractivity contribution in [1.29, 1.82) is 0 Å². The van der Waals surface area contributed by atoms with E-state index in [0.717, 1.165) is 25.7 Å². The summed E-state index contributed by atoms with van der Waals surface area (Å²) in [5.41, 5.74) is 0. The lowest BCUT2D eigenvalue weighted by Gasteiger charge is -2.18. The Morgan fingerprint density at radius 3 is 1.23 bits per heavy atom. The number of allylic oxidation sites excluding steroid dienone is 2. The summed E-state index contributed by atoms with van der Waals surface area (Å²) in [7, 11) is 0. The maximum Gasteiger partial charge on any atom is 0.306 e. The number of unbranched alkanes of at least 4 members (excludes halogenated alkanes) is 23. The molecule has 6 nitrogen and oxygen atoms in total. The van der Waals surface area contributed by atoms with Crippen molar-refractivity contribution in [1.82, 2.24) is 0 Å². The van der Waals surface area contributed by atoms with Crippen molar-refractivity contribution in [3.63, 3.8) is 0 Å². The molecule has 0 aliphatic carbocycles. The highest BCUT2D eigenvalue weighted by atomic mass is 16.6. The zero-order chi connectivity index (χ0) is 34.5. The van der Waals surface area contributed by atoms with Crippen LogP contribution in [0, 0.1) is 0 Å². The first-order valence-electron chi connectivity index (χ1n) is 20.2. The molecule has 0 aliphatic rings. The molecule has 0 aromatic carbocycles. The van der Waals surface area contributed by atoms with E-state index in [4.69, 9.17) is 14.2 Å². The lowest BCUT2D eigenvalue weighted by molar-refractivity contribution is -0.166. The minimum Gasteiger partial charge on any atom is -0.462 e. The minimum atomic E-state index is -0.772. The normalized spacial score (nSPS) is 12.0. The molecule has 0 aromatic heterocycles. The smallest absolute Gasteiger partial charge is 0.306 e. The molecule has 1 unspecified atom stereocenters. The topological polar surface area (TPSA) is 78.9 Å². The standard InChI is InChI=1S/C41H76O6/c1-4-7-9-11-13-15-17-19-20-22-23-25-27-29-31-34-40(43)46-37-38(36-45-39(42)33-6-3)47-41(44)35-32-30-28-26-24-21-18-16-14-12-10-8-5-2/h27,29,38H,4-26,28,30-37H2,1-3H3/b29-27-. The zero-order valence-electron chi connectivity index (χ0n) is 31.3. The average Bonchev–Trinajstić information content (AvgIpc) is 3.06. The number of hydrogen-bond acceptors (Lipinski definition) is 6. The van der Waals surface area contributed by atoms with Crippen LogP contribution in [0.15, 0.2) is 12.2 Å². The molecule has 0 fully saturated rings. The second-order valence-corrected chi connectivity index (χ2v) is 13.6. The van der Waals surface area contributed by atoms with Crippen LogP contribution in [0.5, 0.6) is 0 Å². The molecule has 0 spiro atoms. The molecule has 0 rings (SSSR count). The van der Waals surface area contributed by atoms with Gasteiger partial charge in [0, 0.05) is 19.3 Å². The number of carbonyl (C=O) groups excluding carboxylic acids is 3. The van der Waals surface area contributed by atoms with E-state index in [2.05, 4.69) is 26.0 Å². The molecule has 0 aliphatic heterocycles. The molecular weight excluding hydrogens is 588 g/mol. The van der Waals surface area contributed by atoms with Gasteiger partial charge in [-0.2, -0.15) is 0 Å². The maximum atomic E-state index is 12.5. The lowest BCUT2D eigenvalue weighted by atomic mass is 10.0. The second-order valence-electron chi connectivity index (χ2n) is 13.6. The van der Waals surface area contributed by atoms with Crippen LogP contribution in [-0.2, 0) is 28.6 Å². The molecular formula is C41H76O6. The van der Waals surface area contributed by atoms with Crippen LogP contribution in [0.2, 0.25) is 0 Å². The van der Waals surface area contributed by atoms with E-state index in [9.17, 15) is 14.4 Å². The summed E-state index contributed by atoms with van der Waals surface area (Å²) in [5, 5.41) is 0. The largest absolute Gasteiger partial charge is 0.462 e. The fourth-order valence-corrected chi connectivity index (χ4v) is 5.73. The fourth-order valence-electron chi connectivity index (χ4n) is 5.73. The number of rotatable bonds is 36. The molecule has 0 saturated heterocycles. The summed E-state index contributed by atoms with van der Waals surface area (Å²) in [4.78, 5) is 36.7. The van der Waals surface area contributed by atoms with Crippen molar-refractivity contribution in [3.8, 4) is 0 Å². The van der Waals surface area contributed by atoms with Gasteiger partial charge in [0.15, 0.2) is 6.10 Å². The van der Waals surface area contributed by atoms with Crippen LogP contribution in [-0.4, -0.2) is 37.2 Å². The molecule has 0 saturated carbocycles.